The van der Waals surface area contributed by atoms with Gasteiger partial charge in [0.25, 0.3) is 0 Å². The lowest BCUT2D eigenvalue weighted by Gasteiger charge is -2.22. The zero-order valence-corrected chi connectivity index (χ0v) is 10.3. The lowest BCUT2D eigenvalue weighted by Crippen LogP contribution is -2.35. The summed E-state index contributed by atoms with van der Waals surface area (Å²) >= 11 is 6.12. The number of hydrogen-bond donors (Lipinski definition) is 1. The van der Waals surface area contributed by atoms with Gasteiger partial charge in [0.1, 0.15) is 5.38 Å². The topological polar surface area (TPSA) is 40.5 Å². The molecule has 1 aromatic rings. The molecule has 1 amide bonds. The van der Waals surface area contributed by atoms with Crippen LogP contribution in [0.2, 0.25) is 0 Å². The molecule has 0 bridgehead atoms. The summed E-state index contributed by atoms with van der Waals surface area (Å²) in [7, 11) is 0. The summed E-state index contributed by atoms with van der Waals surface area (Å²) in [6.45, 7) is 4.14. The van der Waals surface area contributed by atoms with Crippen LogP contribution in [0.1, 0.15) is 10.9 Å². The summed E-state index contributed by atoms with van der Waals surface area (Å²) in [6.07, 6.45) is 1.61. The average molecular weight is 254 g/mol. The van der Waals surface area contributed by atoms with Crippen LogP contribution in [0.3, 0.4) is 0 Å². The van der Waals surface area contributed by atoms with Gasteiger partial charge in [-0.15, -0.1) is 18.2 Å². The maximum absolute atomic E-state index is 12.1. The van der Waals surface area contributed by atoms with E-state index < -0.39 is 5.38 Å². The van der Waals surface area contributed by atoms with E-state index in [1.54, 1.807) is 18.2 Å². The van der Waals surface area contributed by atoms with Gasteiger partial charge in [-0.25, -0.2) is 0 Å². The minimum atomic E-state index is -0.720. The molecule has 4 heteroatoms. The van der Waals surface area contributed by atoms with E-state index in [9.17, 15) is 4.79 Å². The summed E-state index contributed by atoms with van der Waals surface area (Å²) in [6, 6.07) is 9.15. The molecule has 0 aromatic heterocycles. The Morgan fingerprint density at radius 1 is 1.47 bits per heavy atom. The molecule has 17 heavy (non-hydrogen) atoms. The summed E-state index contributed by atoms with van der Waals surface area (Å²) in [5, 5.41) is 8.17. The molecule has 0 aliphatic rings. The lowest BCUT2D eigenvalue weighted by atomic mass is 10.1. The Morgan fingerprint density at radius 3 is 2.65 bits per heavy atom. The van der Waals surface area contributed by atoms with E-state index in [-0.39, 0.29) is 19.1 Å². The number of alkyl halides is 1. The molecule has 0 fully saturated rings. The third-order valence-corrected chi connectivity index (χ3v) is 2.78. The molecule has 0 aliphatic heterocycles. The molecule has 0 heterocycles. The molecule has 1 unspecified atom stereocenters. The van der Waals surface area contributed by atoms with Crippen molar-refractivity contribution in [2.24, 2.45) is 0 Å². The second-order valence-electron chi connectivity index (χ2n) is 3.57. The number of aliphatic hydroxyl groups is 1. The van der Waals surface area contributed by atoms with Crippen LogP contribution in [0.15, 0.2) is 43.0 Å². The van der Waals surface area contributed by atoms with E-state index >= 15 is 0 Å². The molecule has 1 atom stereocenters. The Kier molecular flexibility index (Phi) is 5.73. The van der Waals surface area contributed by atoms with Gasteiger partial charge in [-0.1, -0.05) is 36.4 Å². The minimum Gasteiger partial charge on any atom is -0.395 e. The Balaban J connectivity index is 2.76. The summed E-state index contributed by atoms with van der Waals surface area (Å²) < 4.78 is 0. The predicted octanol–water partition coefficient (Wildman–Crippen LogP) is 1.97. The van der Waals surface area contributed by atoms with E-state index in [1.165, 1.54) is 4.90 Å². The number of carbonyl (C=O) groups is 1. The van der Waals surface area contributed by atoms with Gasteiger partial charge in [0.05, 0.1) is 6.61 Å². The predicted molar refractivity (Wildman–Crippen MR) is 68.9 cm³/mol. The fourth-order valence-electron chi connectivity index (χ4n) is 1.49. The molecule has 1 rings (SSSR count). The average Bonchev–Trinajstić information content (AvgIpc) is 2.38. The monoisotopic (exact) mass is 253 g/mol. The number of benzene rings is 1. The van der Waals surface area contributed by atoms with Crippen LogP contribution < -0.4 is 0 Å². The third kappa shape index (κ3) is 3.88. The molecule has 0 saturated carbocycles. The molecule has 0 saturated heterocycles. The second-order valence-corrected chi connectivity index (χ2v) is 4.01. The molecular weight excluding hydrogens is 238 g/mol. The maximum Gasteiger partial charge on any atom is 0.245 e. The molecular formula is C13H16ClNO2. The Hall–Kier alpha value is -1.32. The van der Waals surface area contributed by atoms with Crippen molar-refractivity contribution >= 4 is 17.5 Å². The van der Waals surface area contributed by atoms with Gasteiger partial charge in [-0.2, -0.15) is 0 Å². The van der Waals surface area contributed by atoms with Crippen molar-refractivity contribution < 1.29 is 9.90 Å². The van der Waals surface area contributed by atoms with Crippen LogP contribution in [0.25, 0.3) is 0 Å². The van der Waals surface area contributed by atoms with Crippen LogP contribution in [0.5, 0.6) is 0 Å². The van der Waals surface area contributed by atoms with E-state index in [4.69, 9.17) is 16.7 Å². The van der Waals surface area contributed by atoms with Crippen LogP contribution >= 0.6 is 11.6 Å². The number of aliphatic hydroxyl groups excluding tert-OH is 1. The second kappa shape index (κ2) is 7.09. The highest BCUT2D eigenvalue weighted by Gasteiger charge is 2.22. The SMILES string of the molecule is C=CCN(CCO)C(=O)C(Cl)c1ccccc1. The number of carbonyl (C=O) groups excluding carboxylic acids is 1. The van der Waals surface area contributed by atoms with E-state index in [1.807, 2.05) is 18.2 Å². The quantitative estimate of drug-likeness (QED) is 0.622. The molecule has 1 N–H and O–H groups in total. The van der Waals surface area contributed by atoms with Gasteiger partial charge in [0, 0.05) is 13.1 Å². The maximum atomic E-state index is 12.1. The van der Waals surface area contributed by atoms with Gasteiger partial charge >= 0.3 is 0 Å². The number of rotatable bonds is 6. The Labute approximate surface area is 106 Å². The fraction of sp³-hybridized carbons (Fsp3) is 0.308. The van der Waals surface area contributed by atoms with E-state index in [0.29, 0.717) is 6.54 Å². The summed E-state index contributed by atoms with van der Waals surface area (Å²) in [5.41, 5.74) is 0.756. The number of nitrogens with zero attached hydrogens (tertiary/aromatic N) is 1. The Morgan fingerprint density at radius 2 is 2.12 bits per heavy atom. The van der Waals surface area contributed by atoms with Gasteiger partial charge < -0.3 is 10.0 Å². The summed E-state index contributed by atoms with van der Waals surface area (Å²) in [5.74, 6) is -0.216. The van der Waals surface area contributed by atoms with E-state index in [2.05, 4.69) is 6.58 Å². The fourth-order valence-corrected chi connectivity index (χ4v) is 1.78. The first-order valence-electron chi connectivity index (χ1n) is 5.40. The van der Waals surface area contributed by atoms with Gasteiger partial charge in [-0.3, -0.25) is 4.79 Å². The van der Waals surface area contributed by atoms with Crippen molar-refractivity contribution in [3.8, 4) is 0 Å². The molecule has 0 spiro atoms. The highest BCUT2D eigenvalue weighted by atomic mass is 35.5. The van der Waals surface area contributed by atoms with Gasteiger partial charge in [0.2, 0.25) is 5.91 Å². The van der Waals surface area contributed by atoms with Crippen molar-refractivity contribution in [3.05, 3.63) is 48.6 Å². The number of halogens is 1. The van der Waals surface area contributed by atoms with Gasteiger partial charge in [0.15, 0.2) is 0 Å². The summed E-state index contributed by atoms with van der Waals surface area (Å²) in [4.78, 5) is 13.5. The third-order valence-electron chi connectivity index (χ3n) is 2.34. The minimum absolute atomic E-state index is 0.0853. The van der Waals surface area contributed by atoms with Crippen molar-refractivity contribution in [1.82, 2.24) is 4.90 Å². The first-order valence-corrected chi connectivity index (χ1v) is 5.84. The largest absolute Gasteiger partial charge is 0.395 e. The number of hydrogen-bond acceptors (Lipinski definition) is 2. The van der Waals surface area contributed by atoms with Crippen molar-refractivity contribution in [1.29, 1.82) is 0 Å². The first-order chi connectivity index (χ1) is 8.20. The van der Waals surface area contributed by atoms with Crippen molar-refractivity contribution in [2.45, 2.75) is 5.38 Å². The lowest BCUT2D eigenvalue weighted by molar-refractivity contribution is -0.130. The zero-order chi connectivity index (χ0) is 12.7. The normalized spacial score (nSPS) is 11.9. The number of amides is 1. The van der Waals surface area contributed by atoms with Crippen LogP contribution in [-0.4, -0.2) is 35.6 Å². The zero-order valence-electron chi connectivity index (χ0n) is 9.55. The first kappa shape index (κ1) is 13.7. The van der Waals surface area contributed by atoms with Crippen LogP contribution in [0.4, 0.5) is 0 Å². The van der Waals surface area contributed by atoms with Crippen molar-refractivity contribution in [3.63, 3.8) is 0 Å². The molecule has 92 valence electrons. The Bertz CT molecular complexity index is 367. The smallest absolute Gasteiger partial charge is 0.245 e. The standard InChI is InChI=1S/C13H16ClNO2/c1-2-8-15(9-10-16)13(17)12(14)11-6-4-3-5-7-11/h2-7,12,16H,1,8-10H2. The van der Waals surface area contributed by atoms with E-state index in [0.717, 1.165) is 5.56 Å². The van der Waals surface area contributed by atoms with Crippen LogP contribution in [0, 0.1) is 0 Å². The van der Waals surface area contributed by atoms with Gasteiger partial charge in [-0.05, 0) is 5.56 Å². The molecule has 0 radical (unpaired) electrons. The van der Waals surface area contributed by atoms with Crippen LogP contribution in [-0.2, 0) is 4.79 Å². The molecule has 3 nitrogen and oxygen atoms in total. The molecule has 1 aromatic carbocycles. The van der Waals surface area contributed by atoms with Crippen molar-refractivity contribution in [2.75, 3.05) is 19.7 Å². The highest BCUT2D eigenvalue weighted by Crippen LogP contribution is 2.22. The molecule has 0 aliphatic carbocycles. The highest BCUT2D eigenvalue weighted by molar-refractivity contribution is 6.30.